The van der Waals surface area contributed by atoms with Crippen LogP contribution in [-0.4, -0.2) is 50.6 Å². The first kappa shape index (κ1) is 22.9. The van der Waals surface area contributed by atoms with Gasteiger partial charge in [0.25, 0.3) is 5.91 Å². The molecule has 2 heterocycles. The Bertz CT molecular complexity index is 1050. The standard InChI is InChI=1S/C19H18F4N6O3/c20-11-1-3-12(4-2-11)26-17-13(16(25)30)9-29(27-17)15-10(8-24)5-6-28(18(31)32)14(15)7-19(21,22)23/h1-4,9-10,14-15H,5-7H2,(H2,25,30)(H,26,27)(H,31,32). The van der Waals surface area contributed by atoms with Crippen LogP contribution in [0.25, 0.3) is 0 Å². The molecule has 1 aliphatic rings. The third-order valence-corrected chi connectivity index (χ3v) is 5.15. The number of anilines is 2. The summed E-state index contributed by atoms with van der Waals surface area (Å²) in [7, 11) is 0. The fourth-order valence-electron chi connectivity index (χ4n) is 3.76. The molecule has 1 aromatic heterocycles. The zero-order valence-electron chi connectivity index (χ0n) is 16.4. The summed E-state index contributed by atoms with van der Waals surface area (Å²) in [6.45, 7) is -0.255. The molecule has 4 N–H and O–H groups in total. The highest BCUT2D eigenvalue weighted by Gasteiger charge is 2.47. The molecule has 170 valence electrons. The molecule has 0 radical (unpaired) electrons. The Morgan fingerprint density at radius 3 is 2.50 bits per heavy atom. The molecule has 0 aliphatic carbocycles. The van der Waals surface area contributed by atoms with Gasteiger partial charge in [-0.05, 0) is 30.7 Å². The van der Waals surface area contributed by atoms with Gasteiger partial charge in [0.1, 0.15) is 11.4 Å². The summed E-state index contributed by atoms with van der Waals surface area (Å²) >= 11 is 0. The second kappa shape index (κ2) is 8.74. The Morgan fingerprint density at radius 2 is 1.97 bits per heavy atom. The Balaban J connectivity index is 2.06. The molecule has 3 atom stereocenters. The lowest BCUT2D eigenvalue weighted by Gasteiger charge is -2.42. The van der Waals surface area contributed by atoms with Crippen LogP contribution in [0.15, 0.2) is 30.5 Å². The van der Waals surface area contributed by atoms with Crippen molar-refractivity contribution in [3.05, 3.63) is 41.8 Å². The number of aromatic nitrogens is 2. The van der Waals surface area contributed by atoms with Crippen molar-refractivity contribution in [1.82, 2.24) is 14.7 Å². The number of nitriles is 1. The number of benzene rings is 1. The van der Waals surface area contributed by atoms with Crippen molar-refractivity contribution in [2.24, 2.45) is 11.7 Å². The average Bonchev–Trinajstić information content (AvgIpc) is 3.11. The minimum absolute atomic E-state index is 0.0195. The lowest BCUT2D eigenvalue weighted by molar-refractivity contribution is -0.153. The van der Waals surface area contributed by atoms with Crippen molar-refractivity contribution in [3.8, 4) is 6.07 Å². The first-order valence-electron chi connectivity index (χ1n) is 9.37. The van der Waals surface area contributed by atoms with Crippen molar-refractivity contribution in [1.29, 1.82) is 5.26 Å². The number of likely N-dealkylation sites (tertiary alicyclic amines) is 1. The summed E-state index contributed by atoms with van der Waals surface area (Å²) in [5.41, 5.74) is 5.50. The number of primary amides is 1. The van der Waals surface area contributed by atoms with Crippen LogP contribution >= 0.6 is 0 Å². The number of carbonyl (C=O) groups excluding carboxylic acids is 1. The first-order valence-corrected chi connectivity index (χ1v) is 9.37. The van der Waals surface area contributed by atoms with Gasteiger partial charge in [-0.15, -0.1) is 0 Å². The van der Waals surface area contributed by atoms with Gasteiger partial charge in [0.15, 0.2) is 5.82 Å². The largest absolute Gasteiger partial charge is 0.465 e. The lowest BCUT2D eigenvalue weighted by atomic mass is 9.85. The van der Waals surface area contributed by atoms with E-state index in [4.69, 9.17) is 5.73 Å². The number of nitrogens with one attached hydrogen (secondary N) is 1. The predicted octanol–water partition coefficient (Wildman–Crippen LogP) is 3.25. The number of carbonyl (C=O) groups is 2. The number of nitrogens with two attached hydrogens (primary N) is 1. The van der Waals surface area contributed by atoms with E-state index in [2.05, 4.69) is 10.4 Å². The van der Waals surface area contributed by atoms with Gasteiger partial charge in [0, 0.05) is 18.4 Å². The van der Waals surface area contributed by atoms with Gasteiger partial charge in [-0.1, -0.05) is 0 Å². The molecule has 1 aliphatic heterocycles. The molecule has 32 heavy (non-hydrogen) atoms. The maximum absolute atomic E-state index is 13.3. The minimum Gasteiger partial charge on any atom is -0.465 e. The molecule has 0 bridgehead atoms. The van der Waals surface area contributed by atoms with Gasteiger partial charge < -0.3 is 21.1 Å². The van der Waals surface area contributed by atoms with Crippen LogP contribution in [0.4, 0.5) is 33.9 Å². The fourth-order valence-corrected chi connectivity index (χ4v) is 3.76. The van der Waals surface area contributed by atoms with Crippen LogP contribution in [0, 0.1) is 23.1 Å². The predicted molar refractivity (Wildman–Crippen MR) is 102 cm³/mol. The van der Waals surface area contributed by atoms with Crippen molar-refractivity contribution >= 4 is 23.5 Å². The van der Waals surface area contributed by atoms with E-state index in [9.17, 15) is 37.5 Å². The maximum Gasteiger partial charge on any atom is 0.407 e. The van der Waals surface area contributed by atoms with E-state index in [-0.39, 0.29) is 24.3 Å². The zero-order chi connectivity index (χ0) is 23.6. The number of rotatable bonds is 5. The van der Waals surface area contributed by atoms with E-state index in [1.54, 1.807) is 0 Å². The number of amides is 2. The van der Waals surface area contributed by atoms with Crippen LogP contribution in [0.1, 0.15) is 29.2 Å². The summed E-state index contributed by atoms with van der Waals surface area (Å²) in [6.07, 6.45) is -6.73. The van der Waals surface area contributed by atoms with E-state index in [0.29, 0.717) is 10.6 Å². The van der Waals surface area contributed by atoms with Crippen LogP contribution in [0.5, 0.6) is 0 Å². The van der Waals surface area contributed by atoms with Crippen LogP contribution in [0.3, 0.4) is 0 Å². The zero-order valence-corrected chi connectivity index (χ0v) is 16.4. The summed E-state index contributed by atoms with van der Waals surface area (Å²) in [4.78, 5) is 24.1. The topological polar surface area (TPSA) is 137 Å². The number of carboxylic acid groups (broad SMARTS) is 1. The highest BCUT2D eigenvalue weighted by Crippen LogP contribution is 2.39. The second-order valence-electron chi connectivity index (χ2n) is 7.25. The Hall–Kier alpha value is -3.82. The van der Waals surface area contributed by atoms with Crippen LogP contribution < -0.4 is 11.1 Å². The average molecular weight is 454 g/mol. The molecule has 0 saturated carbocycles. The molecule has 1 fully saturated rings. The maximum atomic E-state index is 13.3. The number of nitrogens with zero attached hydrogens (tertiary/aromatic N) is 4. The second-order valence-corrected chi connectivity index (χ2v) is 7.25. The van der Waals surface area contributed by atoms with Gasteiger partial charge in [0.2, 0.25) is 0 Å². The van der Waals surface area contributed by atoms with Gasteiger partial charge >= 0.3 is 12.3 Å². The molecular formula is C19H18F4N6O3. The minimum atomic E-state index is -4.72. The van der Waals surface area contributed by atoms with E-state index >= 15 is 0 Å². The third kappa shape index (κ3) is 4.90. The molecule has 2 amide bonds. The Morgan fingerprint density at radius 1 is 1.31 bits per heavy atom. The summed E-state index contributed by atoms with van der Waals surface area (Å²) in [5.74, 6) is -2.59. The van der Waals surface area contributed by atoms with E-state index in [1.807, 2.05) is 6.07 Å². The number of alkyl halides is 3. The Kier molecular flexibility index (Phi) is 6.24. The quantitative estimate of drug-likeness (QED) is 0.593. The molecule has 1 aromatic carbocycles. The highest BCUT2D eigenvalue weighted by atomic mass is 19.4. The normalized spacial score (nSPS) is 21.1. The lowest BCUT2D eigenvalue weighted by Crippen LogP contribution is -2.53. The monoisotopic (exact) mass is 454 g/mol. The summed E-state index contributed by atoms with van der Waals surface area (Å²) < 4.78 is 54.0. The number of hydrogen-bond acceptors (Lipinski definition) is 5. The van der Waals surface area contributed by atoms with Crippen molar-refractivity contribution in [2.75, 3.05) is 11.9 Å². The first-order chi connectivity index (χ1) is 15.0. The molecule has 0 spiro atoms. The van der Waals surface area contributed by atoms with Gasteiger partial charge in [-0.3, -0.25) is 9.48 Å². The van der Waals surface area contributed by atoms with E-state index in [0.717, 1.165) is 23.0 Å². The molecule has 3 rings (SSSR count). The number of piperidine rings is 1. The van der Waals surface area contributed by atoms with Crippen molar-refractivity contribution < 1.29 is 32.3 Å². The highest BCUT2D eigenvalue weighted by molar-refractivity contribution is 5.98. The van der Waals surface area contributed by atoms with E-state index in [1.165, 1.54) is 12.1 Å². The van der Waals surface area contributed by atoms with E-state index < -0.39 is 48.4 Å². The third-order valence-electron chi connectivity index (χ3n) is 5.15. The Labute approximate surface area is 179 Å². The summed E-state index contributed by atoms with van der Waals surface area (Å²) in [5, 5.41) is 25.8. The molecule has 3 unspecified atom stereocenters. The summed E-state index contributed by atoms with van der Waals surface area (Å²) in [6, 6.07) is 3.91. The number of hydrogen-bond donors (Lipinski definition) is 3. The molecule has 13 heteroatoms. The fraction of sp³-hybridized carbons (Fsp3) is 0.368. The SMILES string of the molecule is N#CC1CCN(C(=O)O)C(CC(F)(F)F)C1n1cc(C(N)=O)c(Nc2ccc(F)cc2)n1. The van der Waals surface area contributed by atoms with Crippen LogP contribution in [0.2, 0.25) is 0 Å². The molecular weight excluding hydrogens is 436 g/mol. The van der Waals surface area contributed by atoms with Gasteiger partial charge in [0.05, 0.1) is 30.5 Å². The van der Waals surface area contributed by atoms with Gasteiger partial charge in [-0.2, -0.15) is 23.5 Å². The van der Waals surface area contributed by atoms with Crippen molar-refractivity contribution in [3.63, 3.8) is 0 Å². The molecule has 1 saturated heterocycles. The molecule has 9 nitrogen and oxygen atoms in total. The van der Waals surface area contributed by atoms with Crippen molar-refractivity contribution in [2.45, 2.75) is 31.1 Å². The molecule has 2 aromatic rings. The van der Waals surface area contributed by atoms with Crippen LogP contribution in [-0.2, 0) is 0 Å². The smallest absolute Gasteiger partial charge is 0.407 e. The number of halogens is 4. The van der Waals surface area contributed by atoms with Gasteiger partial charge in [-0.25, -0.2) is 9.18 Å².